The Morgan fingerprint density at radius 3 is 2.50 bits per heavy atom. The third-order valence-electron chi connectivity index (χ3n) is 2.66. The average molecular weight is 239 g/mol. The van der Waals surface area contributed by atoms with Gasteiger partial charge < -0.3 is 0 Å². The zero-order chi connectivity index (χ0) is 12.4. The number of aromatic nitrogens is 2. The summed E-state index contributed by atoms with van der Waals surface area (Å²) < 4.78 is 0. The van der Waals surface area contributed by atoms with E-state index in [9.17, 15) is 4.79 Å². The zero-order valence-electron chi connectivity index (χ0n) is 9.32. The van der Waals surface area contributed by atoms with Gasteiger partial charge in [-0.15, -0.1) is 5.10 Å². The maximum Gasteiger partial charge on any atom is 0.264 e. The van der Waals surface area contributed by atoms with Crippen LogP contribution in [0.5, 0.6) is 0 Å². The molecule has 6 nitrogen and oxygen atoms in total. The van der Waals surface area contributed by atoms with Crippen molar-refractivity contribution in [2.75, 3.05) is 0 Å². The van der Waals surface area contributed by atoms with Crippen LogP contribution in [0.3, 0.4) is 0 Å². The van der Waals surface area contributed by atoms with Crippen molar-refractivity contribution in [3.63, 3.8) is 0 Å². The Bertz CT molecular complexity index is 639. The Kier molecular flexibility index (Phi) is 2.53. The van der Waals surface area contributed by atoms with Crippen molar-refractivity contribution in [2.24, 2.45) is 15.4 Å². The zero-order valence-corrected chi connectivity index (χ0v) is 9.32. The van der Waals surface area contributed by atoms with Gasteiger partial charge in [-0.3, -0.25) is 4.79 Å². The fraction of sp³-hybridized carbons (Fsp3) is 0.0833. The summed E-state index contributed by atoms with van der Waals surface area (Å²) in [6.07, 6.45) is 1.69. The second-order valence-electron chi connectivity index (χ2n) is 3.84. The lowest BCUT2D eigenvalue weighted by atomic mass is 10.0. The Morgan fingerprint density at radius 1 is 1.06 bits per heavy atom. The Hall–Kier alpha value is -2.63. The van der Waals surface area contributed by atoms with Gasteiger partial charge in [0.2, 0.25) is 0 Å². The normalized spacial score (nSPS) is 17.2. The number of hydrogen-bond donors (Lipinski definition) is 1. The molecular weight excluding hydrogens is 230 g/mol. The molecule has 1 N–H and O–H groups in total. The summed E-state index contributed by atoms with van der Waals surface area (Å²) in [7, 11) is 0. The van der Waals surface area contributed by atoms with Crippen molar-refractivity contribution in [3.8, 4) is 11.3 Å². The molecule has 1 aliphatic rings. The van der Waals surface area contributed by atoms with Gasteiger partial charge in [0.05, 0.1) is 11.9 Å². The number of nitrogens with one attached hydrogen (secondary N) is 1. The molecule has 1 aromatic carbocycles. The molecule has 88 valence electrons. The molecule has 18 heavy (non-hydrogen) atoms. The summed E-state index contributed by atoms with van der Waals surface area (Å²) in [5.41, 5.74) is 2.47. The number of nitrogens with zero attached hydrogens (tertiary/aromatic N) is 4. The molecule has 0 saturated carbocycles. The minimum atomic E-state index is -0.210. The molecule has 1 atom stereocenters. The van der Waals surface area contributed by atoms with E-state index in [-0.39, 0.29) is 11.6 Å². The highest BCUT2D eigenvalue weighted by atomic mass is 16.1. The van der Waals surface area contributed by atoms with Crippen LogP contribution in [0.25, 0.3) is 11.3 Å². The maximum absolute atomic E-state index is 10.9. The fourth-order valence-corrected chi connectivity index (χ4v) is 1.72. The molecule has 0 saturated heterocycles. The number of aromatic amines is 1. The molecule has 6 heteroatoms. The first kappa shape index (κ1) is 10.5. The number of rotatable bonds is 2. The van der Waals surface area contributed by atoms with E-state index >= 15 is 0 Å². The van der Waals surface area contributed by atoms with E-state index in [4.69, 9.17) is 0 Å². The van der Waals surface area contributed by atoms with Crippen molar-refractivity contribution in [3.05, 3.63) is 52.3 Å². The molecule has 3 rings (SSSR count). The summed E-state index contributed by atoms with van der Waals surface area (Å²) in [5.74, 6) is 0. The standard InChI is InChI=1S/C12H9N5O/c18-12-6-5-10(14-16-12)8-1-3-9(4-2-8)11-7-13-17-15-11/h1-7,11H,(H,16,18). The molecule has 0 bridgehead atoms. The van der Waals surface area contributed by atoms with Crippen molar-refractivity contribution >= 4 is 6.21 Å². The molecule has 1 aliphatic heterocycles. The number of hydrogen-bond acceptors (Lipinski definition) is 5. The Balaban J connectivity index is 1.91. The molecule has 0 amide bonds. The van der Waals surface area contributed by atoms with Crippen LogP contribution in [0.15, 0.2) is 56.6 Å². The minimum absolute atomic E-state index is 0.0948. The highest BCUT2D eigenvalue weighted by Gasteiger charge is 2.11. The van der Waals surface area contributed by atoms with Crippen molar-refractivity contribution in [2.45, 2.75) is 6.04 Å². The van der Waals surface area contributed by atoms with Gasteiger partial charge in [-0.05, 0) is 16.9 Å². The van der Waals surface area contributed by atoms with Crippen LogP contribution in [-0.4, -0.2) is 16.4 Å². The highest BCUT2D eigenvalue weighted by molar-refractivity contribution is 5.69. The van der Waals surface area contributed by atoms with Gasteiger partial charge in [0, 0.05) is 11.6 Å². The van der Waals surface area contributed by atoms with E-state index in [0.717, 1.165) is 16.8 Å². The summed E-state index contributed by atoms with van der Waals surface area (Å²) in [6, 6.07) is 10.8. The minimum Gasteiger partial charge on any atom is -0.268 e. The van der Waals surface area contributed by atoms with Crippen LogP contribution in [0, 0.1) is 0 Å². The van der Waals surface area contributed by atoms with Gasteiger partial charge in [-0.1, -0.05) is 24.3 Å². The highest BCUT2D eigenvalue weighted by Crippen LogP contribution is 2.22. The molecule has 2 heterocycles. The topological polar surface area (TPSA) is 82.8 Å². The lowest BCUT2D eigenvalue weighted by Crippen LogP contribution is -2.05. The van der Waals surface area contributed by atoms with E-state index < -0.39 is 0 Å². The van der Waals surface area contributed by atoms with Crippen LogP contribution in [0.4, 0.5) is 0 Å². The molecule has 0 spiro atoms. The summed E-state index contributed by atoms with van der Waals surface area (Å²) in [5, 5.41) is 17.6. The quantitative estimate of drug-likeness (QED) is 0.868. The largest absolute Gasteiger partial charge is 0.268 e. The van der Waals surface area contributed by atoms with E-state index in [2.05, 4.69) is 25.6 Å². The monoisotopic (exact) mass is 239 g/mol. The van der Waals surface area contributed by atoms with Crippen LogP contribution in [0.1, 0.15) is 11.6 Å². The summed E-state index contributed by atoms with van der Waals surface area (Å²) in [6.45, 7) is 0. The van der Waals surface area contributed by atoms with Gasteiger partial charge in [-0.25, -0.2) is 5.10 Å². The second-order valence-corrected chi connectivity index (χ2v) is 3.84. The second kappa shape index (κ2) is 4.33. The SMILES string of the molecule is O=c1ccc(-c2ccc(C3C=NN=N3)cc2)n[nH]1. The van der Waals surface area contributed by atoms with E-state index in [1.54, 1.807) is 12.3 Å². The lowest BCUT2D eigenvalue weighted by Gasteiger charge is -2.04. The first-order valence-electron chi connectivity index (χ1n) is 5.42. The molecule has 0 aliphatic carbocycles. The van der Waals surface area contributed by atoms with Gasteiger partial charge in [0.25, 0.3) is 5.56 Å². The van der Waals surface area contributed by atoms with Crippen LogP contribution >= 0.6 is 0 Å². The maximum atomic E-state index is 10.9. The third kappa shape index (κ3) is 1.95. The molecule has 0 radical (unpaired) electrons. The Labute approximate surface area is 102 Å². The van der Waals surface area contributed by atoms with Crippen LogP contribution in [0.2, 0.25) is 0 Å². The van der Waals surface area contributed by atoms with Crippen molar-refractivity contribution in [1.82, 2.24) is 10.2 Å². The van der Waals surface area contributed by atoms with Gasteiger partial charge in [0.1, 0.15) is 6.04 Å². The van der Waals surface area contributed by atoms with E-state index in [0.29, 0.717) is 0 Å². The Morgan fingerprint density at radius 2 is 1.89 bits per heavy atom. The number of H-pyrrole nitrogens is 1. The molecule has 1 unspecified atom stereocenters. The summed E-state index contributed by atoms with van der Waals surface area (Å²) in [4.78, 5) is 10.9. The number of benzene rings is 1. The predicted molar refractivity (Wildman–Crippen MR) is 66.4 cm³/mol. The summed E-state index contributed by atoms with van der Waals surface area (Å²) >= 11 is 0. The van der Waals surface area contributed by atoms with Gasteiger partial charge >= 0.3 is 0 Å². The predicted octanol–water partition coefficient (Wildman–Crippen LogP) is 1.93. The van der Waals surface area contributed by atoms with Crippen molar-refractivity contribution in [1.29, 1.82) is 0 Å². The first-order chi connectivity index (χ1) is 8.83. The molecular formula is C12H9N5O. The van der Waals surface area contributed by atoms with E-state index in [1.165, 1.54) is 6.07 Å². The molecule has 0 fully saturated rings. The third-order valence-corrected chi connectivity index (χ3v) is 2.66. The first-order valence-corrected chi connectivity index (χ1v) is 5.42. The average Bonchev–Trinajstić information content (AvgIpc) is 2.94. The molecule has 1 aromatic heterocycles. The van der Waals surface area contributed by atoms with E-state index in [1.807, 2.05) is 24.3 Å². The van der Waals surface area contributed by atoms with Crippen LogP contribution in [-0.2, 0) is 0 Å². The lowest BCUT2D eigenvalue weighted by molar-refractivity contribution is 0.907. The van der Waals surface area contributed by atoms with Crippen molar-refractivity contribution < 1.29 is 0 Å². The smallest absolute Gasteiger partial charge is 0.264 e. The van der Waals surface area contributed by atoms with Gasteiger partial charge in [-0.2, -0.15) is 10.2 Å². The van der Waals surface area contributed by atoms with Gasteiger partial charge in [0.15, 0.2) is 0 Å². The molecule has 2 aromatic rings. The fourth-order valence-electron chi connectivity index (χ4n) is 1.72. The van der Waals surface area contributed by atoms with Crippen LogP contribution < -0.4 is 5.56 Å².